The summed E-state index contributed by atoms with van der Waals surface area (Å²) in [5, 5.41) is 4.11. The third-order valence-electron chi connectivity index (χ3n) is 2.73. The number of benzene rings is 1. The van der Waals surface area contributed by atoms with E-state index in [0.717, 1.165) is 21.1 Å². The summed E-state index contributed by atoms with van der Waals surface area (Å²) in [4.78, 5) is 22.5. The maximum absolute atomic E-state index is 11.5. The fourth-order valence-electron chi connectivity index (χ4n) is 1.83. The minimum atomic E-state index is -0.238. The highest BCUT2D eigenvalue weighted by atomic mass is 79.9. The van der Waals surface area contributed by atoms with E-state index in [1.54, 1.807) is 6.20 Å². The van der Waals surface area contributed by atoms with E-state index >= 15 is 0 Å². The van der Waals surface area contributed by atoms with E-state index in [4.69, 9.17) is 0 Å². The molecule has 20 heavy (non-hydrogen) atoms. The Kier molecular flexibility index (Phi) is 3.54. The van der Waals surface area contributed by atoms with E-state index in [0.29, 0.717) is 10.3 Å². The van der Waals surface area contributed by atoms with Gasteiger partial charge in [0.15, 0.2) is 5.82 Å². The van der Waals surface area contributed by atoms with Crippen LogP contribution in [0, 0.1) is 0 Å². The molecule has 0 aliphatic carbocycles. The Balaban J connectivity index is 2.11. The third kappa shape index (κ3) is 2.46. The second kappa shape index (κ2) is 5.34. The zero-order valence-corrected chi connectivity index (χ0v) is 13.2. The molecule has 2 N–H and O–H groups in total. The fraction of sp³-hybridized carbons (Fsp3) is 0. The number of fused-ring (bicyclic) bond motifs is 1. The number of pyridine rings is 1. The number of nitrogens with one attached hydrogen (secondary N) is 2. The summed E-state index contributed by atoms with van der Waals surface area (Å²) in [5.41, 5.74) is 1.36. The van der Waals surface area contributed by atoms with E-state index in [2.05, 4.69) is 52.1 Å². The van der Waals surface area contributed by atoms with Gasteiger partial charge >= 0.3 is 0 Å². The minimum absolute atomic E-state index is 0.238. The summed E-state index contributed by atoms with van der Waals surface area (Å²) in [6.07, 6.45) is 3.08. The molecule has 0 unspecified atom stereocenters. The quantitative estimate of drug-likeness (QED) is 0.695. The fourth-order valence-corrected chi connectivity index (χ4v) is 2.50. The van der Waals surface area contributed by atoms with E-state index in [1.807, 2.05) is 24.3 Å². The molecule has 0 atom stereocenters. The van der Waals surface area contributed by atoms with Gasteiger partial charge in [0.2, 0.25) is 0 Å². The number of hydrogen-bond donors (Lipinski definition) is 2. The van der Waals surface area contributed by atoms with Gasteiger partial charge in [-0.25, -0.2) is 4.98 Å². The van der Waals surface area contributed by atoms with Gasteiger partial charge in [0, 0.05) is 16.1 Å². The molecule has 0 spiro atoms. The van der Waals surface area contributed by atoms with Crippen LogP contribution >= 0.6 is 31.9 Å². The van der Waals surface area contributed by atoms with Crippen LogP contribution in [0.15, 0.2) is 50.5 Å². The van der Waals surface area contributed by atoms with E-state index in [9.17, 15) is 4.79 Å². The highest BCUT2D eigenvalue weighted by molar-refractivity contribution is 9.10. The Labute approximate surface area is 130 Å². The van der Waals surface area contributed by atoms with Crippen molar-refractivity contribution in [2.24, 2.45) is 0 Å². The van der Waals surface area contributed by atoms with Crippen molar-refractivity contribution in [2.45, 2.75) is 0 Å². The predicted molar refractivity (Wildman–Crippen MR) is 85.3 cm³/mol. The van der Waals surface area contributed by atoms with Gasteiger partial charge in [0.25, 0.3) is 5.56 Å². The number of para-hydroxylation sites is 1. The SMILES string of the molecule is O=c1[nH]cnc(Nc2cccc3cc(Br)cnc23)c1Br. The van der Waals surface area contributed by atoms with Crippen LogP contribution in [-0.4, -0.2) is 15.0 Å². The number of halogens is 2. The smallest absolute Gasteiger partial charge is 0.267 e. The third-order valence-corrected chi connectivity index (χ3v) is 3.90. The Morgan fingerprint density at radius 1 is 1.20 bits per heavy atom. The van der Waals surface area contributed by atoms with Crippen molar-refractivity contribution in [2.75, 3.05) is 5.32 Å². The van der Waals surface area contributed by atoms with E-state index in [-0.39, 0.29) is 5.56 Å². The first kappa shape index (κ1) is 13.3. The molecule has 0 saturated heterocycles. The van der Waals surface area contributed by atoms with Gasteiger partial charge in [-0.1, -0.05) is 12.1 Å². The molecule has 7 heteroatoms. The van der Waals surface area contributed by atoms with Crippen molar-refractivity contribution in [3.05, 3.63) is 56.1 Å². The maximum atomic E-state index is 11.5. The first-order chi connectivity index (χ1) is 9.65. The Hall–Kier alpha value is -1.73. The van der Waals surface area contributed by atoms with Crippen LogP contribution in [0.1, 0.15) is 0 Å². The molecular formula is C13H8Br2N4O. The van der Waals surface area contributed by atoms with Crippen LogP contribution in [0.5, 0.6) is 0 Å². The molecule has 3 rings (SSSR count). The lowest BCUT2D eigenvalue weighted by Crippen LogP contribution is -2.10. The molecule has 0 aliphatic heterocycles. The lowest BCUT2D eigenvalue weighted by Gasteiger charge is -2.09. The molecule has 2 aromatic heterocycles. The van der Waals surface area contributed by atoms with Crippen molar-refractivity contribution >= 4 is 54.3 Å². The average Bonchev–Trinajstić information content (AvgIpc) is 2.44. The normalized spacial score (nSPS) is 10.7. The maximum Gasteiger partial charge on any atom is 0.267 e. The average molecular weight is 396 g/mol. The highest BCUT2D eigenvalue weighted by Crippen LogP contribution is 2.27. The summed E-state index contributed by atoms with van der Waals surface area (Å²) >= 11 is 6.61. The summed E-state index contributed by atoms with van der Waals surface area (Å²) in [5.74, 6) is 0.450. The van der Waals surface area contributed by atoms with Gasteiger partial charge < -0.3 is 10.3 Å². The molecule has 100 valence electrons. The molecular weight excluding hydrogens is 388 g/mol. The van der Waals surface area contributed by atoms with Crippen molar-refractivity contribution in [1.82, 2.24) is 15.0 Å². The summed E-state index contributed by atoms with van der Waals surface area (Å²) < 4.78 is 1.27. The molecule has 0 fully saturated rings. The Bertz CT molecular complexity index is 847. The van der Waals surface area contributed by atoms with E-state index in [1.165, 1.54) is 6.33 Å². The number of rotatable bonds is 2. The first-order valence-electron chi connectivity index (χ1n) is 5.69. The minimum Gasteiger partial charge on any atom is -0.337 e. The topological polar surface area (TPSA) is 70.7 Å². The van der Waals surface area contributed by atoms with Crippen molar-refractivity contribution in [3.8, 4) is 0 Å². The number of anilines is 2. The predicted octanol–water partition coefficient (Wildman–Crippen LogP) is 3.59. The number of nitrogens with zero attached hydrogens (tertiary/aromatic N) is 2. The molecule has 0 radical (unpaired) electrons. The van der Waals surface area contributed by atoms with Crippen LogP contribution < -0.4 is 10.9 Å². The molecule has 5 nitrogen and oxygen atoms in total. The van der Waals surface area contributed by atoms with Crippen LogP contribution in [-0.2, 0) is 0 Å². The summed E-state index contributed by atoms with van der Waals surface area (Å²) in [6, 6.07) is 7.75. The van der Waals surface area contributed by atoms with Crippen molar-refractivity contribution in [1.29, 1.82) is 0 Å². The second-order valence-electron chi connectivity index (χ2n) is 4.05. The first-order valence-corrected chi connectivity index (χ1v) is 7.28. The van der Waals surface area contributed by atoms with Gasteiger partial charge in [-0.05, 0) is 44.0 Å². The van der Waals surface area contributed by atoms with Crippen molar-refractivity contribution in [3.63, 3.8) is 0 Å². The summed E-state index contributed by atoms with van der Waals surface area (Å²) in [7, 11) is 0. The second-order valence-corrected chi connectivity index (χ2v) is 5.76. The number of aromatic amines is 1. The summed E-state index contributed by atoms with van der Waals surface area (Å²) in [6.45, 7) is 0. The van der Waals surface area contributed by atoms with Gasteiger partial charge in [-0.2, -0.15) is 0 Å². The van der Waals surface area contributed by atoms with Gasteiger partial charge in [-0.15, -0.1) is 0 Å². The molecule has 2 heterocycles. The largest absolute Gasteiger partial charge is 0.337 e. The number of aromatic nitrogens is 3. The van der Waals surface area contributed by atoms with Gasteiger partial charge in [-0.3, -0.25) is 9.78 Å². The zero-order valence-electron chi connectivity index (χ0n) is 10.0. The van der Waals surface area contributed by atoms with Gasteiger partial charge in [0.1, 0.15) is 4.47 Å². The molecule has 1 aromatic carbocycles. The molecule has 0 bridgehead atoms. The molecule has 3 aromatic rings. The highest BCUT2D eigenvalue weighted by Gasteiger charge is 2.08. The van der Waals surface area contributed by atoms with Crippen molar-refractivity contribution < 1.29 is 0 Å². The lowest BCUT2D eigenvalue weighted by atomic mass is 10.2. The van der Waals surface area contributed by atoms with Crippen LogP contribution in [0.3, 0.4) is 0 Å². The molecule has 0 amide bonds. The van der Waals surface area contributed by atoms with Gasteiger partial charge in [0.05, 0.1) is 17.5 Å². The number of H-pyrrole nitrogens is 1. The van der Waals surface area contributed by atoms with Crippen LogP contribution in [0.25, 0.3) is 10.9 Å². The molecule has 0 saturated carbocycles. The van der Waals surface area contributed by atoms with Crippen LogP contribution in [0.2, 0.25) is 0 Å². The monoisotopic (exact) mass is 394 g/mol. The zero-order chi connectivity index (χ0) is 14.1. The molecule has 0 aliphatic rings. The number of hydrogen-bond acceptors (Lipinski definition) is 4. The Morgan fingerprint density at radius 2 is 2.05 bits per heavy atom. The Morgan fingerprint density at radius 3 is 2.90 bits per heavy atom. The standard InChI is InChI=1S/C13H8Br2N4O/c14-8-4-7-2-1-3-9(11(7)16-5-8)19-12-10(15)13(20)18-6-17-12/h1-6H,(H2,17,18,19,20). The lowest BCUT2D eigenvalue weighted by molar-refractivity contribution is 1.10. The van der Waals surface area contributed by atoms with E-state index < -0.39 is 0 Å². The van der Waals surface area contributed by atoms with Crippen LogP contribution in [0.4, 0.5) is 11.5 Å².